The number of alkyl halides is 3. The van der Waals surface area contributed by atoms with E-state index in [2.05, 4.69) is 0 Å². The Morgan fingerprint density at radius 3 is 1.91 bits per heavy atom. The number of rotatable bonds is 9. The lowest BCUT2D eigenvalue weighted by Gasteiger charge is -2.18. The molecule has 1 N–H and O–H groups in total. The Morgan fingerprint density at radius 2 is 1.36 bits per heavy atom. The van der Waals surface area contributed by atoms with Crippen LogP contribution in [-0.2, 0) is 11.0 Å². The second kappa shape index (κ2) is 10.2. The van der Waals surface area contributed by atoms with Crippen LogP contribution in [0.3, 0.4) is 0 Å². The van der Waals surface area contributed by atoms with Gasteiger partial charge < -0.3 is 19.3 Å². The van der Waals surface area contributed by atoms with E-state index >= 15 is 0 Å². The van der Waals surface area contributed by atoms with Crippen LogP contribution in [0.5, 0.6) is 17.2 Å². The molecular weight excluding hydrogens is 444 g/mol. The molecule has 0 aliphatic rings. The van der Waals surface area contributed by atoms with Gasteiger partial charge in [0.1, 0.15) is 35.8 Å². The van der Waals surface area contributed by atoms with E-state index in [0.717, 1.165) is 24.3 Å². The predicted octanol–water partition coefficient (Wildman–Crippen LogP) is 5.90. The molecule has 33 heavy (non-hydrogen) atoms. The van der Waals surface area contributed by atoms with Crippen molar-refractivity contribution in [1.29, 1.82) is 0 Å². The summed E-state index contributed by atoms with van der Waals surface area (Å²) < 4.78 is 67.6. The second-order valence-electron chi connectivity index (χ2n) is 7.12. The Labute approximate surface area is 187 Å². The topological polar surface area (TPSA) is 65.0 Å². The zero-order valence-corrected chi connectivity index (χ0v) is 17.4. The smallest absolute Gasteiger partial charge is 0.416 e. The molecule has 0 saturated carbocycles. The first-order valence-corrected chi connectivity index (χ1v) is 9.83. The van der Waals surface area contributed by atoms with Gasteiger partial charge in [0.15, 0.2) is 0 Å². The Morgan fingerprint density at radius 1 is 0.848 bits per heavy atom. The molecule has 9 heteroatoms. The third-order valence-corrected chi connectivity index (χ3v) is 4.48. The van der Waals surface area contributed by atoms with E-state index in [9.17, 15) is 27.5 Å². The number of carboxylic acid groups (broad SMARTS) is 1. The van der Waals surface area contributed by atoms with Crippen LogP contribution in [0.4, 0.5) is 17.6 Å². The van der Waals surface area contributed by atoms with Crippen LogP contribution in [0.15, 0.2) is 72.8 Å². The summed E-state index contributed by atoms with van der Waals surface area (Å²) in [5, 5.41) is 9.50. The fourth-order valence-electron chi connectivity index (χ4n) is 2.85. The van der Waals surface area contributed by atoms with Crippen molar-refractivity contribution >= 4 is 5.97 Å². The lowest BCUT2D eigenvalue weighted by Crippen LogP contribution is -2.21. The van der Waals surface area contributed by atoms with Gasteiger partial charge in [0.25, 0.3) is 0 Å². The van der Waals surface area contributed by atoms with Crippen molar-refractivity contribution in [3.05, 3.63) is 89.7 Å². The van der Waals surface area contributed by atoms with Crippen molar-refractivity contribution in [2.24, 2.45) is 0 Å². The minimum Gasteiger partial charge on any atom is -0.490 e. The van der Waals surface area contributed by atoms with E-state index in [0.29, 0.717) is 11.5 Å². The van der Waals surface area contributed by atoms with Gasteiger partial charge in [-0.25, -0.2) is 9.18 Å². The molecule has 0 aliphatic heterocycles. The van der Waals surface area contributed by atoms with Gasteiger partial charge in [-0.1, -0.05) is 12.1 Å². The van der Waals surface area contributed by atoms with E-state index in [1.807, 2.05) is 0 Å². The highest BCUT2D eigenvalue weighted by Gasteiger charge is 2.30. The molecule has 3 aromatic rings. The first-order valence-electron chi connectivity index (χ1n) is 9.83. The highest BCUT2D eigenvalue weighted by atomic mass is 19.4. The van der Waals surface area contributed by atoms with Gasteiger partial charge in [-0.15, -0.1) is 0 Å². The molecule has 0 heterocycles. The number of ether oxygens (including phenoxy) is 3. The molecule has 0 radical (unpaired) electrons. The van der Waals surface area contributed by atoms with Crippen molar-refractivity contribution in [2.45, 2.75) is 25.3 Å². The summed E-state index contributed by atoms with van der Waals surface area (Å²) >= 11 is 0. The van der Waals surface area contributed by atoms with Gasteiger partial charge in [0.05, 0.1) is 5.56 Å². The zero-order valence-electron chi connectivity index (χ0n) is 17.4. The van der Waals surface area contributed by atoms with Crippen LogP contribution in [0.1, 0.15) is 24.2 Å². The average Bonchev–Trinajstić information content (AvgIpc) is 2.77. The molecule has 0 aromatic heterocycles. The van der Waals surface area contributed by atoms with Crippen LogP contribution in [0.2, 0.25) is 0 Å². The maximum absolute atomic E-state index is 12.9. The maximum atomic E-state index is 12.9. The first-order chi connectivity index (χ1) is 15.6. The molecule has 0 fully saturated rings. The molecule has 0 bridgehead atoms. The van der Waals surface area contributed by atoms with Crippen LogP contribution in [0, 0.1) is 5.82 Å². The number of carboxylic acids is 1. The van der Waals surface area contributed by atoms with Crippen LogP contribution < -0.4 is 14.2 Å². The number of halogens is 4. The van der Waals surface area contributed by atoms with Crippen molar-refractivity contribution in [2.75, 3.05) is 6.61 Å². The Kier molecular flexibility index (Phi) is 7.42. The van der Waals surface area contributed by atoms with Gasteiger partial charge in [-0.3, -0.25) is 0 Å². The molecular formula is C24H20F4O5. The van der Waals surface area contributed by atoms with Gasteiger partial charge in [-0.2, -0.15) is 13.2 Å². The number of hydrogen-bond acceptors (Lipinski definition) is 4. The number of benzene rings is 3. The lowest BCUT2D eigenvalue weighted by atomic mass is 10.1. The van der Waals surface area contributed by atoms with Crippen molar-refractivity contribution in [1.82, 2.24) is 0 Å². The van der Waals surface area contributed by atoms with Crippen molar-refractivity contribution < 1.29 is 41.7 Å². The highest BCUT2D eigenvalue weighted by molar-refractivity contribution is 5.75. The molecule has 174 valence electrons. The van der Waals surface area contributed by atoms with Crippen LogP contribution in [-0.4, -0.2) is 23.8 Å². The van der Waals surface area contributed by atoms with Gasteiger partial charge in [0.2, 0.25) is 6.10 Å². The Balaban J connectivity index is 1.59. The zero-order chi connectivity index (χ0) is 24.0. The molecule has 5 nitrogen and oxygen atoms in total. The van der Waals surface area contributed by atoms with Crippen LogP contribution in [0.25, 0.3) is 0 Å². The fraction of sp³-hybridized carbons (Fsp3) is 0.208. The number of aliphatic carboxylic acids is 1. The Hall–Kier alpha value is -3.75. The normalized spacial score (nSPS) is 13.1. The SMILES string of the molecule is CC(COc1ccc(C(Oc2ccc(C(F)(F)F)cc2)C(=O)O)cc1)Oc1ccc(F)cc1. The molecule has 0 saturated heterocycles. The monoisotopic (exact) mass is 464 g/mol. The highest BCUT2D eigenvalue weighted by Crippen LogP contribution is 2.31. The van der Waals surface area contributed by atoms with E-state index in [-0.39, 0.29) is 29.8 Å². The summed E-state index contributed by atoms with van der Waals surface area (Å²) in [5.74, 6) is -0.736. The van der Waals surface area contributed by atoms with Gasteiger partial charge >= 0.3 is 12.1 Å². The third kappa shape index (κ3) is 6.86. The number of hydrogen-bond donors (Lipinski definition) is 1. The summed E-state index contributed by atoms with van der Waals surface area (Å²) in [6, 6.07) is 15.4. The van der Waals surface area contributed by atoms with E-state index in [1.165, 1.54) is 36.4 Å². The van der Waals surface area contributed by atoms with Gasteiger partial charge in [0, 0.05) is 5.56 Å². The third-order valence-electron chi connectivity index (χ3n) is 4.48. The second-order valence-corrected chi connectivity index (χ2v) is 7.12. The summed E-state index contributed by atoms with van der Waals surface area (Å²) in [7, 11) is 0. The lowest BCUT2D eigenvalue weighted by molar-refractivity contribution is -0.145. The number of carbonyl (C=O) groups is 1. The summed E-state index contributed by atoms with van der Waals surface area (Å²) in [6.07, 6.45) is -6.26. The quantitative estimate of drug-likeness (QED) is 0.400. The molecule has 3 aromatic carbocycles. The van der Waals surface area contributed by atoms with Crippen molar-refractivity contribution in [3.63, 3.8) is 0 Å². The molecule has 0 spiro atoms. The van der Waals surface area contributed by atoms with Gasteiger partial charge in [-0.05, 0) is 67.6 Å². The molecule has 2 unspecified atom stereocenters. The Bertz CT molecular complexity index is 1050. The largest absolute Gasteiger partial charge is 0.490 e. The van der Waals surface area contributed by atoms with Crippen LogP contribution >= 0.6 is 0 Å². The predicted molar refractivity (Wildman–Crippen MR) is 111 cm³/mol. The minimum atomic E-state index is -4.50. The maximum Gasteiger partial charge on any atom is 0.416 e. The molecule has 0 amide bonds. The minimum absolute atomic E-state index is 0.0116. The summed E-state index contributed by atoms with van der Waals surface area (Å²) in [5.41, 5.74) is -0.578. The summed E-state index contributed by atoms with van der Waals surface area (Å²) in [6.45, 7) is 1.96. The standard InChI is InChI=1S/C24H20F4O5/c1-15(32-20-12-6-18(25)7-13-20)14-31-19-8-2-16(3-9-19)22(23(29)30)33-21-10-4-17(5-11-21)24(26,27)28/h2-13,15,22H,14H2,1H3,(H,29,30). The average molecular weight is 464 g/mol. The summed E-state index contributed by atoms with van der Waals surface area (Å²) in [4.78, 5) is 11.6. The molecule has 0 aliphatic carbocycles. The van der Waals surface area contributed by atoms with Crippen molar-refractivity contribution in [3.8, 4) is 17.2 Å². The van der Waals surface area contributed by atoms with E-state index < -0.39 is 23.8 Å². The fourth-order valence-corrected chi connectivity index (χ4v) is 2.85. The molecule has 2 atom stereocenters. The van der Waals surface area contributed by atoms with E-state index in [4.69, 9.17) is 14.2 Å². The molecule has 3 rings (SSSR count). The van der Waals surface area contributed by atoms with E-state index in [1.54, 1.807) is 19.1 Å². The first kappa shape index (κ1) is 23.9.